The smallest absolute Gasteiger partial charge is 0.385 e. The minimum absolute atomic E-state index is 0.118. The summed E-state index contributed by atoms with van der Waals surface area (Å²) in [6.07, 6.45) is 5.03. The van der Waals surface area contributed by atoms with Crippen LogP contribution in [0, 0.1) is 5.41 Å². The second-order valence-corrected chi connectivity index (χ2v) is 9.22. The Labute approximate surface area is 158 Å². The molecule has 0 atom stereocenters. The molecule has 0 amide bonds. The zero-order chi connectivity index (χ0) is 20.1. The Hall–Kier alpha value is -1.07. The number of piperidine rings is 1. The van der Waals surface area contributed by atoms with E-state index in [-0.39, 0.29) is 24.5 Å². The lowest BCUT2D eigenvalue weighted by molar-refractivity contribution is -0.0494. The molecule has 2 fully saturated rings. The van der Waals surface area contributed by atoms with Crippen molar-refractivity contribution < 1.29 is 26.3 Å². The first kappa shape index (κ1) is 22.2. The number of ether oxygens (including phenoxy) is 1. The van der Waals surface area contributed by atoms with Crippen LogP contribution in [0.4, 0.5) is 13.2 Å². The van der Waals surface area contributed by atoms with Crippen molar-refractivity contribution in [2.45, 2.75) is 50.1 Å². The normalized spacial score (nSPS) is 22.3. The van der Waals surface area contributed by atoms with Crippen molar-refractivity contribution in [1.29, 1.82) is 0 Å². The van der Waals surface area contributed by atoms with Crippen molar-refractivity contribution in [3.8, 4) is 0 Å². The lowest BCUT2D eigenvalue weighted by Crippen LogP contribution is -2.53. The van der Waals surface area contributed by atoms with Crippen molar-refractivity contribution in [3.05, 3.63) is 0 Å². The van der Waals surface area contributed by atoms with E-state index in [2.05, 4.69) is 15.6 Å². The molecule has 0 spiro atoms. The van der Waals surface area contributed by atoms with Crippen LogP contribution in [0.1, 0.15) is 38.5 Å². The summed E-state index contributed by atoms with van der Waals surface area (Å²) in [7, 11) is -1.92. The van der Waals surface area contributed by atoms with Gasteiger partial charge in [-0.1, -0.05) is 6.42 Å². The number of alkyl halides is 3. The van der Waals surface area contributed by atoms with Gasteiger partial charge in [0.15, 0.2) is 5.96 Å². The van der Waals surface area contributed by atoms with E-state index in [1.165, 1.54) is 6.42 Å². The van der Waals surface area contributed by atoms with Gasteiger partial charge in [-0.15, -0.1) is 0 Å². The lowest BCUT2D eigenvalue weighted by Gasteiger charge is -2.42. The molecule has 2 rings (SSSR count). The number of sulfonamides is 1. The van der Waals surface area contributed by atoms with E-state index >= 15 is 0 Å². The summed E-state index contributed by atoms with van der Waals surface area (Å²) in [4.78, 5) is 4.18. The van der Waals surface area contributed by atoms with Gasteiger partial charge in [0.2, 0.25) is 0 Å². The maximum atomic E-state index is 12.6. The highest BCUT2D eigenvalue weighted by atomic mass is 32.2. The standard InChI is InChI=1S/C16H29F3N4O3S/c1-20-14(21-12-15(6-3-7-15)8-11-26-2)22-13-4-9-23(10-5-13)27(24,25)16(17,18)19/h13H,3-12H2,1-2H3,(H2,20,21,22). The third kappa shape index (κ3) is 5.47. The van der Waals surface area contributed by atoms with Crippen LogP contribution in [0.3, 0.4) is 0 Å². The van der Waals surface area contributed by atoms with E-state index in [1.807, 2.05) is 0 Å². The Balaban J connectivity index is 1.81. The molecule has 0 unspecified atom stereocenters. The average Bonchev–Trinajstić information content (AvgIpc) is 2.58. The molecule has 27 heavy (non-hydrogen) atoms. The van der Waals surface area contributed by atoms with Gasteiger partial charge in [-0.2, -0.15) is 17.5 Å². The quantitative estimate of drug-likeness (QED) is 0.489. The number of hydrogen-bond donors (Lipinski definition) is 2. The summed E-state index contributed by atoms with van der Waals surface area (Å²) in [5, 5.41) is 6.50. The average molecular weight is 414 g/mol. The van der Waals surface area contributed by atoms with Gasteiger partial charge in [-0.3, -0.25) is 4.99 Å². The molecule has 158 valence electrons. The fourth-order valence-electron chi connectivity index (χ4n) is 3.56. The number of guanidine groups is 1. The Bertz CT molecular complexity index is 613. The van der Waals surface area contributed by atoms with Crippen LogP contribution < -0.4 is 10.6 Å². The molecule has 11 heteroatoms. The van der Waals surface area contributed by atoms with Gasteiger partial charge in [-0.25, -0.2) is 8.42 Å². The Morgan fingerprint density at radius 1 is 1.30 bits per heavy atom. The van der Waals surface area contributed by atoms with E-state index in [9.17, 15) is 21.6 Å². The molecule has 7 nitrogen and oxygen atoms in total. The van der Waals surface area contributed by atoms with Crippen molar-refractivity contribution in [2.75, 3.05) is 40.4 Å². The fourth-order valence-corrected chi connectivity index (χ4v) is 4.54. The largest absolute Gasteiger partial charge is 0.511 e. The van der Waals surface area contributed by atoms with Crippen molar-refractivity contribution in [1.82, 2.24) is 14.9 Å². The topological polar surface area (TPSA) is 83.0 Å². The van der Waals surface area contributed by atoms with Crippen LogP contribution in [0.5, 0.6) is 0 Å². The highest BCUT2D eigenvalue weighted by molar-refractivity contribution is 7.90. The first-order valence-electron chi connectivity index (χ1n) is 9.16. The molecule has 0 radical (unpaired) electrons. The molecule has 2 N–H and O–H groups in total. The second kappa shape index (κ2) is 8.95. The fraction of sp³-hybridized carbons (Fsp3) is 0.938. The number of hydrogen-bond acceptors (Lipinski definition) is 4. The van der Waals surface area contributed by atoms with Gasteiger partial charge in [0.25, 0.3) is 0 Å². The molecular formula is C16H29F3N4O3S. The Kier molecular flexibility index (Phi) is 7.37. The van der Waals surface area contributed by atoms with Crippen LogP contribution in [-0.2, 0) is 14.8 Å². The summed E-state index contributed by atoms with van der Waals surface area (Å²) in [6, 6.07) is -0.118. The van der Waals surface area contributed by atoms with Crippen LogP contribution >= 0.6 is 0 Å². The molecule has 0 aromatic rings. The molecule has 1 aliphatic heterocycles. The molecule has 1 aliphatic carbocycles. The number of aliphatic imine (C=N–C) groups is 1. The van der Waals surface area contributed by atoms with Crippen molar-refractivity contribution >= 4 is 16.0 Å². The molecule has 1 saturated heterocycles. The van der Waals surface area contributed by atoms with Gasteiger partial charge in [0, 0.05) is 46.4 Å². The molecule has 0 aromatic heterocycles. The maximum absolute atomic E-state index is 12.6. The number of rotatable bonds is 7. The molecule has 1 heterocycles. The van der Waals surface area contributed by atoms with Gasteiger partial charge in [0.1, 0.15) is 0 Å². The van der Waals surface area contributed by atoms with Crippen LogP contribution in [0.15, 0.2) is 4.99 Å². The maximum Gasteiger partial charge on any atom is 0.511 e. The minimum atomic E-state index is -5.25. The van der Waals surface area contributed by atoms with Crippen LogP contribution in [0.25, 0.3) is 0 Å². The monoisotopic (exact) mass is 414 g/mol. The number of methoxy groups -OCH3 is 1. The lowest BCUT2D eigenvalue weighted by atomic mass is 9.67. The van der Waals surface area contributed by atoms with E-state index in [4.69, 9.17) is 4.74 Å². The van der Waals surface area contributed by atoms with E-state index in [1.54, 1.807) is 14.2 Å². The third-order valence-electron chi connectivity index (χ3n) is 5.53. The first-order valence-corrected chi connectivity index (χ1v) is 10.6. The SMILES string of the molecule is CN=C(NCC1(CCOC)CCC1)NC1CCN(S(=O)(=O)C(F)(F)F)CC1. The summed E-state index contributed by atoms with van der Waals surface area (Å²) in [6.45, 7) is 1.15. The summed E-state index contributed by atoms with van der Waals surface area (Å²) in [5.41, 5.74) is -5.04. The molecular weight excluding hydrogens is 385 g/mol. The van der Waals surface area contributed by atoms with Crippen molar-refractivity contribution in [2.24, 2.45) is 10.4 Å². The predicted molar refractivity (Wildman–Crippen MR) is 96.8 cm³/mol. The van der Waals surface area contributed by atoms with Gasteiger partial charge < -0.3 is 15.4 Å². The van der Waals surface area contributed by atoms with Gasteiger partial charge >= 0.3 is 15.5 Å². The van der Waals surface area contributed by atoms with E-state index in [0.717, 1.165) is 25.8 Å². The number of nitrogens with zero attached hydrogens (tertiary/aromatic N) is 2. The van der Waals surface area contributed by atoms with Gasteiger partial charge in [-0.05, 0) is 37.5 Å². The van der Waals surface area contributed by atoms with E-state index in [0.29, 0.717) is 29.7 Å². The van der Waals surface area contributed by atoms with Crippen molar-refractivity contribution in [3.63, 3.8) is 0 Å². The number of halogens is 3. The summed E-state index contributed by atoms with van der Waals surface area (Å²) in [5.74, 6) is 0.593. The minimum Gasteiger partial charge on any atom is -0.385 e. The predicted octanol–water partition coefficient (Wildman–Crippen LogP) is 1.67. The van der Waals surface area contributed by atoms with Crippen LogP contribution in [0.2, 0.25) is 0 Å². The Morgan fingerprint density at radius 3 is 2.37 bits per heavy atom. The van der Waals surface area contributed by atoms with E-state index < -0.39 is 15.5 Å². The summed E-state index contributed by atoms with van der Waals surface area (Å²) < 4.78 is 66.5. The zero-order valence-electron chi connectivity index (χ0n) is 15.8. The highest BCUT2D eigenvalue weighted by Crippen LogP contribution is 2.43. The number of nitrogens with one attached hydrogen (secondary N) is 2. The third-order valence-corrected chi connectivity index (χ3v) is 7.16. The highest BCUT2D eigenvalue weighted by Gasteiger charge is 2.50. The molecule has 0 aromatic carbocycles. The van der Waals surface area contributed by atoms with Gasteiger partial charge in [0.05, 0.1) is 0 Å². The molecule has 2 aliphatic rings. The molecule has 1 saturated carbocycles. The second-order valence-electron chi connectivity index (χ2n) is 7.29. The van der Waals surface area contributed by atoms with Crippen LogP contribution in [-0.4, -0.2) is 70.6 Å². The Morgan fingerprint density at radius 2 is 1.93 bits per heavy atom. The first-order chi connectivity index (χ1) is 12.6. The summed E-state index contributed by atoms with van der Waals surface area (Å²) >= 11 is 0. The zero-order valence-corrected chi connectivity index (χ0v) is 16.6. The molecule has 0 bridgehead atoms.